The van der Waals surface area contributed by atoms with E-state index in [1.165, 1.54) is 4.90 Å². The lowest BCUT2D eigenvalue weighted by Crippen LogP contribution is -2.51. The second kappa shape index (κ2) is 10.9. The molecule has 6 heteroatoms. The van der Waals surface area contributed by atoms with Gasteiger partial charge in [-0.1, -0.05) is 95.2 Å². The van der Waals surface area contributed by atoms with E-state index in [2.05, 4.69) is 26.1 Å². The fraction of sp³-hybridized carbons (Fsp3) is 0.688. The molecular weight excluding hydrogens is 476 g/mol. The molecule has 1 fully saturated rings. The summed E-state index contributed by atoms with van der Waals surface area (Å²) in [6.07, 6.45) is 1.46. The molecule has 0 bridgehead atoms. The summed E-state index contributed by atoms with van der Waals surface area (Å²) in [5.41, 5.74) is -0.00210. The summed E-state index contributed by atoms with van der Waals surface area (Å²) >= 11 is 0. The molecule has 212 valence electrons. The third-order valence-corrected chi connectivity index (χ3v) is 7.33. The van der Waals surface area contributed by atoms with Crippen LogP contribution in [0.5, 0.6) is 0 Å². The third-order valence-electron chi connectivity index (χ3n) is 7.33. The quantitative estimate of drug-likeness (QED) is 0.402. The number of nitrogens with one attached hydrogen (secondary N) is 1. The number of carbonyl (C=O) groups is 4. The van der Waals surface area contributed by atoms with E-state index in [1.54, 1.807) is 0 Å². The van der Waals surface area contributed by atoms with Gasteiger partial charge in [-0.3, -0.25) is 24.1 Å². The predicted octanol–water partition coefficient (Wildman–Crippen LogP) is 6.67. The Balaban J connectivity index is 2.38. The van der Waals surface area contributed by atoms with Crippen LogP contribution in [-0.2, 0) is 25.6 Å². The Morgan fingerprint density at radius 3 is 1.61 bits per heavy atom. The molecule has 2 rings (SSSR count). The Bertz CT molecular complexity index is 1010. The lowest BCUT2D eigenvalue weighted by molar-refractivity contribution is -0.150. The number of hydrogen-bond acceptors (Lipinski definition) is 4. The van der Waals surface area contributed by atoms with Gasteiger partial charge < -0.3 is 5.32 Å². The molecule has 0 saturated carbocycles. The average molecular weight is 527 g/mol. The summed E-state index contributed by atoms with van der Waals surface area (Å²) in [5.74, 6) is -1.70. The maximum Gasteiger partial charge on any atom is 0.234 e. The monoisotopic (exact) mass is 526 g/mol. The summed E-state index contributed by atoms with van der Waals surface area (Å²) in [6, 6.07) is 6.45. The first-order valence-electron chi connectivity index (χ1n) is 13.8. The van der Waals surface area contributed by atoms with Gasteiger partial charge in [-0.25, -0.2) is 0 Å². The van der Waals surface area contributed by atoms with Crippen LogP contribution in [0.25, 0.3) is 0 Å². The fourth-order valence-electron chi connectivity index (χ4n) is 5.20. The van der Waals surface area contributed by atoms with Crippen LogP contribution in [0.4, 0.5) is 5.69 Å². The Hall–Kier alpha value is -2.50. The van der Waals surface area contributed by atoms with Gasteiger partial charge in [0.05, 0.1) is 11.8 Å². The van der Waals surface area contributed by atoms with Crippen LogP contribution in [0.3, 0.4) is 0 Å². The van der Waals surface area contributed by atoms with Gasteiger partial charge in [0.1, 0.15) is 6.04 Å². The summed E-state index contributed by atoms with van der Waals surface area (Å²) in [7, 11) is 0. The van der Waals surface area contributed by atoms with E-state index in [0.717, 1.165) is 12.0 Å². The van der Waals surface area contributed by atoms with Gasteiger partial charge in [0.15, 0.2) is 5.78 Å². The van der Waals surface area contributed by atoms with Crippen molar-refractivity contribution in [2.24, 2.45) is 33.5 Å². The number of nitrogens with zero attached hydrogens (tertiary/aromatic N) is 1. The van der Waals surface area contributed by atoms with Gasteiger partial charge >= 0.3 is 0 Å². The summed E-state index contributed by atoms with van der Waals surface area (Å²) < 4.78 is 0. The lowest BCUT2D eigenvalue weighted by Gasteiger charge is -2.35. The molecule has 3 atom stereocenters. The SMILES string of the molecule is CC(C)(C)CCC(=O)Nc1ccc(C[C@@H](C(=O)C(C)(C)C)N2C(=O)C(C(C)(C)C)C(C(C)(C)C)C2=O)cc1. The van der Waals surface area contributed by atoms with Crippen LogP contribution in [-0.4, -0.2) is 34.4 Å². The van der Waals surface area contributed by atoms with Crippen molar-refractivity contribution in [3.8, 4) is 0 Å². The molecule has 38 heavy (non-hydrogen) atoms. The first kappa shape index (κ1) is 31.7. The van der Waals surface area contributed by atoms with Crippen LogP contribution in [0, 0.1) is 33.5 Å². The molecule has 3 amide bonds. The summed E-state index contributed by atoms with van der Waals surface area (Å²) in [6.45, 7) is 23.7. The molecule has 2 unspecified atom stereocenters. The van der Waals surface area contributed by atoms with Crippen molar-refractivity contribution in [2.75, 3.05) is 5.32 Å². The second-order valence-electron chi connectivity index (χ2n) is 15.4. The van der Waals surface area contributed by atoms with E-state index >= 15 is 0 Å². The third kappa shape index (κ3) is 7.77. The average Bonchev–Trinajstić information content (AvgIpc) is 3.01. The van der Waals surface area contributed by atoms with Crippen molar-refractivity contribution < 1.29 is 19.2 Å². The molecule has 6 nitrogen and oxygen atoms in total. The number of imide groups is 1. The normalized spacial score (nSPS) is 20.1. The van der Waals surface area contributed by atoms with Crippen molar-refractivity contribution in [2.45, 2.75) is 108 Å². The number of anilines is 1. The van der Waals surface area contributed by atoms with Crippen LogP contribution in [0.1, 0.15) is 101 Å². The van der Waals surface area contributed by atoms with Crippen molar-refractivity contribution in [1.29, 1.82) is 0 Å². The van der Waals surface area contributed by atoms with Crippen LogP contribution in [0.2, 0.25) is 0 Å². The highest BCUT2D eigenvalue weighted by Crippen LogP contribution is 2.48. The van der Waals surface area contributed by atoms with E-state index in [1.807, 2.05) is 86.6 Å². The number of hydrogen-bond donors (Lipinski definition) is 1. The number of rotatable bonds is 7. The fourth-order valence-corrected chi connectivity index (χ4v) is 5.20. The maximum absolute atomic E-state index is 13.9. The maximum atomic E-state index is 13.9. The minimum absolute atomic E-state index is 0.0387. The molecule has 1 saturated heterocycles. The van der Waals surface area contributed by atoms with Crippen molar-refractivity contribution in [3.63, 3.8) is 0 Å². The van der Waals surface area contributed by atoms with Crippen LogP contribution in [0.15, 0.2) is 24.3 Å². The van der Waals surface area contributed by atoms with E-state index in [9.17, 15) is 19.2 Å². The second-order valence-corrected chi connectivity index (χ2v) is 15.4. The standard InChI is InChI=1S/C32H50N2O4/c1-29(2,3)18-17-23(35)33-21-15-13-20(14-16-21)19-22(26(36)32(10,11)12)34-27(37)24(30(4,5)6)25(28(34)38)31(7,8)9/h13-16,22,24-25H,17-19H2,1-12H3,(H,33,35)/t22-,24?,25?/m0/s1. The Morgan fingerprint density at radius 2 is 1.24 bits per heavy atom. The van der Waals surface area contributed by atoms with Gasteiger partial charge in [0, 0.05) is 23.9 Å². The van der Waals surface area contributed by atoms with Gasteiger partial charge in [0.2, 0.25) is 17.7 Å². The molecule has 1 aliphatic rings. The highest BCUT2D eigenvalue weighted by molar-refractivity contribution is 6.09. The predicted molar refractivity (Wildman–Crippen MR) is 153 cm³/mol. The smallest absolute Gasteiger partial charge is 0.234 e. The highest BCUT2D eigenvalue weighted by atomic mass is 16.2. The zero-order valence-corrected chi connectivity index (χ0v) is 25.7. The van der Waals surface area contributed by atoms with E-state index in [-0.39, 0.29) is 35.3 Å². The van der Waals surface area contributed by atoms with Gasteiger partial charge in [0.25, 0.3) is 0 Å². The molecule has 1 aliphatic heterocycles. The number of benzene rings is 1. The molecule has 1 aromatic rings. The van der Waals surface area contributed by atoms with Crippen molar-refractivity contribution in [3.05, 3.63) is 29.8 Å². The Morgan fingerprint density at radius 1 is 0.789 bits per heavy atom. The minimum atomic E-state index is -0.889. The van der Waals surface area contributed by atoms with Crippen LogP contribution >= 0.6 is 0 Å². The number of ketones is 1. The molecule has 1 N–H and O–H groups in total. The van der Waals surface area contributed by atoms with Crippen LogP contribution < -0.4 is 5.32 Å². The number of likely N-dealkylation sites (tertiary alicyclic amines) is 1. The van der Waals surface area contributed by atoms with Gasteiger partial charge in [-0.2, -0.15) is 0 Å². The molecule has 1 aromatic carbocycles. The lowest BCUT2D eigenvalue weighted by atomic mass is 9.65. The molecule has 0 radical (unpaired) electrons. The number of amides is 3. The van der Waals surface area contributed by atoms with Gasteiger partial charge in [-0.15, -0.1) is 0 Å². The van der Waals surface area contributed by atoms with E-state index in [0.29, 0.717) is 12.1 Å². The molecule has 0 aliphatic carbocycles. The summed E-state index contributed by atoms with van der Waals surface area (Å²) in [5, 5.41) is 2.93. The molecule has 0 spiro atoms. The molecule has 0 aromatic heterocycles. The van der Waals surface area contributed by atoms with Gasteiger partial charge in [-0.05, 0) is 40.4 Å². The topological polar surface area (TPSA) is 83.6 Å². The largest absolute Gasteiger partial charge is 0.326 e. The molecular formula is C32H50N2O4. The zero-order chi connectivity index (χ0) is 29.4. The minimum Gasteiger partial charge on any atom is -0.326 e. The Kier molecular flexibility index (Phi) is 9.13. The van der Waals surface area contributed by atoms with Crippen molar-refractivity contribution in [1.82, 2.24) is 4.90 Å². The Labute approximate surface area is 230 Å². The van der Waals surface area contributed by atoms with E-state index in [4.69, 9.17) is 0 Å². The zero-order valence-electron chi connectivity index (χ0n) is 25.7. The summed E-state index contributed by atoms with van der Waals surface area (Å²) in [4.78, 5) is 55.1. The first-order valence-corrected chi connectivity index (χ1v) is 13.8. The first-order chi connectivity index (χ1) is 17.0. The van der Waals surface area contributed by atoms with Crippen molar-refractivity contribution >= 4 is 29.2 Å². The number of carbonyl (C=O) groups excluding carboxylic acids is 4. The molecule has 1 heterocycles. The van der Waals surface area contributed by atoms with E-state index < -0.39 is 34.1 Å². The highest BCUT2D eigenvalue weighted by Gasteiger charge is 2.58. The number of Topliss-reactive ketones (excluding diaryl/α,β-unsaturated/α-hetero) is 1.